The molecule has 0 saturated heterocycles. The Morgan fingerprint density at radius 3 is 2.75 bits per heavy atom. The fourth-order valence-electron chi connectivity index (χ4n) is 2.34. The van der Waals surface area contributed by atoms with Crippen molar-refractivity contribution in [2.75, 3.05) is 7.11 Å². The minimum atomic E-state index is -0.301. The SMILES string of the molecule is COc1ccc2[nH]c(=S)n(-c3c(C)cccc3F)c2c1. The van der Waals surface area contributed by atoms with E-state index in [4.69, 9.17) is 17.0 Å². The first kappa shape index (κ1) is 12.9. The Labute approximate surface area is 120 Å². The molecule has 0 bridgehead atoms. The molecule has 0 radical (unpaired) electrons. The van der Waals surface area contributed by atoms with Crippen LogP contribution in [0.2, 0.25) is 0 Å². The summed E-state index contributed by atoms with van der Waals surface area (Å²) in [5.74, 6) is 0.402. The molecule has 0 aliphatic carbocycles. The van der Waals surface area contributed by atoms with Gasteiger partial charge in [0, 0.05) is 6.07 Å². The standard InChI is InChI=1S/C15H13FN2OS/c1-9-4-3-5-11(16)14(9)18-13-8-10(19-2)6-7-12(13)17-15(18)20/h3-8H,1-2H3,(H,17,20). The van der Waals surface area contributed by atoms with E-state index in [0.717, 1.165) is 16.6 Å². The van der Waals surface area contributed by atoms with Gasteiger partial charge in [-0.05, 0) is 42.9 Å². The number of nitrogens with one attached hydrogen (secondary N) is 1. The summed E-state index contributed by atoms with van der Waals surface area (Å²) < 4.78 is 21.6. The van der Waals surface area contributed by atoms with Crippen molar-refractivity contribution >= 4 is 23.3 Å². The number of hydrogen-bond donors (Lipinski definition) is 1. The summed E-state index contributed by atoms with van der Waals surface area (Å²) in [5.41, 5.74) is 2.93. The fourth-order valence-corrected chi connectivity index (χ4v) is 2.64. The minimum Gasteiger partial charge on any atom is -0.497 e. The number of imidazole rings is 1. The number of hydrogen-bond acceptors (Lipinski definition) is 2. The lowest BCUT2D eigenvalue weighted by Crippen LogP contribution is -2.00. The second-order valence-electron chi connectivity index (χ2n) is 4.55. The smallest absolute Gasteiger partial charge is 0.182 e. The van der Waals surface area contributed by atoms with Gasteiger partial charge in [-0.25, -0.2) is 4.39 Å². The minimum absolute atomic E-state index is 0.301. The molecular formula is C15H13FN2OS. The number of methoxy groups -OCH3 is 1. The molecule has 0 amide bonds. The van der Waals surface area contributed by atoms with Gasteiger partial charge in [-0.3, -0.25) is 4.57 Å². The van der Waals surface area contributed by atoms with Gasteiger partial charge < -0.3 is 9.72 Å². The van der Waals surface area contributed by atoms with Crippen LogP contribution < -0.4 is 4.74 Å². The molecule has 2 aromatic carbocycles. The lowest BCUT2D eigenvalue weighted by molar-refractivity contribution is 0.415. The van der Waals surface area contributed by atoms with E-state index in [1.165, 1.54) is 6.07 Å². The fraction of sp³-hybridized carbons (Fsp3) is 0.133. The van der Waals surface area contributed by atoms with Crippen LogP contribution in [0.3, 0.4) is 0 Å². The van der Waals surface area contributed by atoms with Crippen LogP contribution >= 0.6 is 12.2 Å². The first-order valence-corrected chi connectivity index (χ1v) is 6.57. The van der Waals surface area contributed by atoms with E-state index in [1.54, 1.807) is 17.7 Å². The van der Waals surface area contributed by atoms with E-state index in [9.17, 15) is 4.39 Å². The van der Waals surface area contributed by atoms with E-state index >= 15 is 0 Å². The highest BCUT2D eigenvalue weighted by Crippen LogP contribution is 2.27. The topological polar surface area (TPSA) is 29.9 Å². The highest BCUT2D eigenvalue weighted by atomic mass is 32.1. The van der Waals surface area contributed by atoms with Gasteiger partial charge in [-0.15, -0.1) is 0 Å². The average Bonchev–Trinajstić information content (AvgIpc) is 2.74. The monoisotopic (exact) mass is 288 g/mol. The molecule has 0 fully saturated rings. The summed E-state index contributed by atoms with van der Waals surface area (Å²) in [7, 11) is 1.60. The summed E-state index contributed by atoms with van der Waals surface area (Å²) in [5, 5.41) is 0. The molecule has 1 aromatic heterocycles. The molecule has 1 N–H and O–H groups in total. The van der Waals surface area contributed by atoms with Crippen molar-refractivity contribution in [3.05, 3.63) is 52.5 Å². The molecule has 0 saturated carbocycles. The van der Waals surface area contributed by atoms with Gasteiger partial charge >= 0.3 is 0 Å². The molecule has 1 heterocycles. The van der Waals surface area contributed by atoms with Gasteiger partial charge in [0.2, 0.25) is 0 Å². The lowest BCUT2D eigenvalue weighted by atomic mass is 10.2. The van der Waals surface area contributed by atoms with Crippen LogP contribution in [0.1, 0.15) is 5.56 Å². The molecule has 0 aliphatic rings. The normalized spacial score (nSPS) is 10.9. The van der Waals surface area contributed by atoms with E-state index in [0.29, 0.717) is 16.2 Å². The van der Waals surface area contributed by atoms with Gasteiger partial charge in [0.15, 0.2) is 4.77 Å². The first-order valence-electron chi connectivity index (χ1n) is 6.16. The third-order valence-electron chi connectivity index (χ3n) is 3.30. The van der Waals surface area contributed by atoms with Crippen molar-refractivity contribution in [1.29, 1.82) is 0 Å². The molecule has 3 aromatic rings. The van der Waals surface area contributed by atoms with Crippen LogP contribution in [0.25, 0.3) is 16.7 Å². The molecule has 3 rings (SSSR count). The predicted octanol–water partition coefficient (Wildman–Crippen LogP) is 4.14. The number of nitrogens with zero attached hydrogens (tertiary/aromatic N) is 1. The second-order valence-corrected chi connectivity index (χ2v) is 4.94. The number of rotatable bonds is 2. The zero-order valence-electron chi connectivity index (χ0n) is 11.1. The number of benzene rings is 2. The molecule has 5 heteroatoms. The predicted molar refractivity (Wildman–Crippen MR) is 79.7 cm³/mol. The zero-order chi connectivity index (χ0) is 14.3. The Kier molecular flexibility index (Phi) is 3.06. The Hall–Kier alpha value is -2.14. The number of aromatic nitrogens is 2. The molecule has 20 heavy (non-hydrogen) atoms. The lowest BCUT2D eigenvalue weighted by Gasteiger charge is -2.10. The van der Waals surface area contributed by atoms with Crippen LogP contribution in [-0.4, -0.2) is 16.7 Å². The maximum atomic E-state index is 14.2. The number of aryl methyl sites for hydroxylation is 1. The Morgan fingerprint density at radius 1 is 1.25 bits per heavy atom. The third kappa shape index (κ3) is 1.91. The summed E-state index contributed by atoms with van der Waals surface area (Å²) >= 11 is 5.33. The van der Waals surface area contributed by atoms with Gasteiger partial charge in [-0.2, -0.15) is 0 Å². The number of ether oxygens (including phenoxy) is 1. The zero-order valence-corrected chi connectivity index (χ0v) is 11.9. The van der Waals surface area contributed by atoms with E-state index in [1.807, 2.05) is 31.2 Å². The van der Waals surface area contributed by atoms with Gasteiger partial charge in [-0.1, -0.05) is 12.1 Å². The maximum Gasteiger partial charge on any atom is 0.182 e. The van der Waals surface area contributed by atoms with Crippen LogP contribution in [-0.2, 0) is 0 Å². The Balaban J connectivity index is 2.41. The molecule has 102 valence electrons. The quantitative estimate of drug-likeness (QED) is 0.718. The Morgan fingerprint density at radius 2 is 2.05 bits per heavy atom. The number of fused-ring (bicyclic) bond motifs is 1. The maximum absolute atomic E-state index is 14.2. The van der Waals surface area contributed by atoms with Crippen molar-refractivity contribution in [3.8, 4) is 11.4 Å². The molecule has 0 unspecified atom stereocenters. The number of H-pyrrole nitrogens is 1. The third-order valence-corrected chi connectivity index (χ3v) is 3.59. The van der Waals surface area contributed by atoms with Crippen molar-refractivity contribution < 1.29 is 9.13 Å². The van der Waals surface area contributed by atoms with Crippen molar-refractivity contribution in [3.63, 3.8) is 0 Å². The number of aromatic amines is 1. The van der Waals surface area contributed by atoms with Crippen LogP contribution in [0, 0.1) is 17.5 Å². The van der Waals surface area contributed by atoms with Crippen molar-refractivity contribution in [2.24, 2.45) is 0 Å². The Bertz CT molecular complexity index is 830. The largest absolute Gasteiger partial charge is 0.497 e. The summed E-state index contributed by atoms with van der Waals surface area (Å²) in [6.45, 7) is 1.86. The van der Waals surface area contributed by atoms with Crippen molar-refractivity contribution in [2.45, 2.75) is 6.92 Å². The molecule has 0 aliphatic heterocycles. The highest BCUT2D eigenvalue weighted by molar-refractivity contribution is 7.71. The average molecular weight is 288 g/mol. The van der Waals surface area contributed by atoms with Gasteiger partial charge in [0.1, 0.15) is 11.6 Å². The summed E-state index contributed by atoms with van der Waals surface area (Å²) in [6, 6.07) is 10.5. The van der Waals surface area contributed by atoms with E-state index < -0.39 is 0 Å². The molecule has 0 spiro atoms. The number of para-hydroxylation sites is 1. The second kappa shape index (κ2) is 4.76. The van der Waals surface area contributed by atoms with Crippen LogP contribution in [0.5, 0.6) is 5.75 Å². The van der Waals surface area contributed by atoms with E-state index in [-0.39, 0.29) is 5.82 Å². The van der Waals surface area contributed by atoms with E-state index in [2.05, 4.69) is 4.98 Å². The van der Waals surface area contributed by atoms with Gasteiger partial charge in [0.25, 0.3) is 0 Å². The molecule has 3 nitrogen and oxygen atoms in total. The summed E-state index contributed by atoms with van der Waals surface area (Å²) in [4.78, 5) is 3.09. The summed E-state index contributed by atoms with van der Waals surface area (Å²) in [6.07, 6.45) is 0. The van der Waals surface area contributed by atoms with Crippen LogP contribution in [0.4, 0.5) is 4.39 Å². The molecular weight excluding hydrogens is 275 g/mol. The molecule has 0 atom stereocenters. The number of halogens is 1. The first-order chi connectivity index (χ1) is 9.61. The highest BCUT2D eigenvalue weighted by Gasteiger charge is 2.13. The van der Waals surface area contributed by atoms with Crippen molar-refractivity contribution in [1.82, 2.24) is 9.55 Å². The van der Waals surface area contributed by atoms with Crippen LogP contribution in [0.15, 0.2) is 36.4 Å². The van der Waals surface area contributed by atoms with Gasteiger partial charge in [0.05, 0.1) is 23.8 Å².